The summed E-state index contributed by atoms with van der Waals surface area (Å²) in [6.07, 6.45) is 2.24. The highest BCUT2D eigenvalue weighted by Gasteiger charge is 2.38. The summed E-state index contributed by atoms with van der Waals surface area (Å²) in [5, 5.41) is 0.237. The third kappa shape index (κ3) is 6.20. The van der Waals surface area contributed by atoms with Gasteiger partial charge in [0.2, 0.25) is 0 Å². The van der Waals surface area contributed by atoms with E-state index in [1.807, 2.05) is 0 Å². The second-order valence-electron chi connectivity index (χ2n) is 9.09. The van der Waals surface area contributed by atoms with Gasteiger partial charge >= 0.3 is 0 Å². The van der Waals surface area contributed by atoms with Gasteiger partial charge < -0.3 is 4.43 Å². The first kappa shape index (κ1) is 22.2. The number of rotatable bonds is 8. The molecule has 0 saturated carbocycles. The first-order chi connectivity index (χ1) is 12.6. The lowest BCUT2D eigenvalue weighted by molar-refractivity contribution is 0.179. The molecule has 0 saturated heterocycles. The largest absolute Gasteiger partial charge is 0.414 e. The van der Waals surface area contributed by atoms with Gasteiger partial charge in [0.05, 0.1) is 0 Å². The standard InChI is InChI=1S/C24H35ClOSi/c1-19(26-27(5,6)24(2,3)4)18-23(16-17-25)22-14-12-21(13-15-22)20-10-8-7-9-11-20/h7-15,19,23H,16-18H2,1-6H3/t19-,23?/m0/s1. The fourth-order valence-corrected chi connectivity index (χ4v) is 4.98. The van der Waals surface area contributed by atoms with Crippen molar-refractivity contribution in [2.24, 2.45) is 0 Å². The molecule has 0 aliphatic carbocycles. The molecule has 0 aliphatic rings. The number of alkyl halides is 1. The molecule has 0 N–H and O–H groups in total. The summed E-state index contributed by atoms with van der Waals surface area (Å²) in [6, 6.07) is 19.5. The van der Waals surface area contributed by atoms with Crippen LogP contribution in [0.2, 0.25) is 18.1 Å². The fourth-order valence-electron chi connectivity index (χ4n) is 3.26. The zero-order valence-corrected chi connectivity index (χ0v) is 19.5. The average Bonchev–Trinajstić information content (AvgIpc) is 2.61. The van der Waals surface area contributed by atoms with Crippen LogP contribution in [0.1, 0.15) is 52.0 Å². The maximum absolute atomic E-state index is 6.59. The highest BCUT2D eigenvalue weighted by molar-refractivity contribution is 6.74. The third-order valence-corrected chi connectivity index (χ3v) is 10.7. The van der Waals surface area contributed by atoms with Gasteiger partial charge in [-0.05, 0) is 60.5 Å². The van der Waals surface area contributed by atoms with E-state index in [0.29, 0.717) is 11.8 Å². The number of benzene rings is 2. The van der Waals surface area contributed by atoms with Gasteiger partial charge in [0.25, 0.3) is 0 Å². The van der Waals surface area contributed by atoms with Crippen LogP contribution in [0.3, 0.4) is 0 Å². The minimum absolute atomic E-state index is 0.237. The first-order valence-corrected chi connectivity index (χ1v) is 13.5. The molecule has 0 fully saturated rings. The van der Waals surface area contributed by atoms with Crippen LogP contribution in [-0.4, -0.2) is 20.3 Å². The van der Waals surface area contributed by atoms with Crippen molar-refractivity contribution in [2.45, 2.75) is 70.7 Å². The molecular weight excluding hydrogens is 368 g/mol. The van der Waals surface area contributed by atoms with E-state index in [-0.39, 0.29) is 11.1 Å². The predicted molar refractivity (Wildman–Crippen MR) is 122 cm³/mol. The van der Waals surface area contributed by atoms with Crippen LogP contribution in [0.4, 0.5) is 0 Å². The van der Waals surface area contributed by atoms with E-state index in [1.165, 1.54) is 16.7 Å². The van der Waals surface area contributed by atoms with Gasteiger partial charge in [-0.3, -0.25) is 0 Å². The molecule has 0 aromatic heterocycles. The average molecular weight is 403 g/mol. The Hall–Kier alpha value is -1.09. The van der Waals surface area contributed by atoms with Gasteiger partial charge in [-0.1, -0.05) is 75.4 Å². The van der Waals surface area contributed by atoms with E-state index in [4.69, 9.17) is 16.0 Å². The Kier molecular flexibility index (Phi) is 7.73. The van der Waals surface area contributed by atoms with Crippen LogP contribution in [0, 0.1) is 0 Å². The fraction of sp³-hybridized carbons (Fsp3) is 0.500. The van der Waals surface area contributed by atoms with Crippen molar-refractivity contribution in [1.29, 1.82) is 0 Å². The lowest BCUT2D eigenvalue weighted by Crippen LogP contribution is -2.43. The number of hydrogen-bond acceptors (Lipinski definition) is 1. The quantitative estimate of drug-likeness (QED) is 0.322. The molecule has 148 valence electrons. The van der Waals surface area contributed by atoms with E-state index in [0.717, 1.165) is 12.8 Å². The second-order valence-corrected chi connectivity index (χ2v) is 14.2. The summed E-state index contributed by atoms with van der Waals surface area (Å²) in [5.41, 5.74) is 3.88. The second kappa shape index (κ2) is 9.40. The zero-order chi connectivity index (χ0) is 20.1. The van der Waals surface area contributed by atoms with E-state index in [9.17, 15) is 0 Å². The molecule has 0 radical (unpaired) electrons. The summed E-state index contributed by atoms with van der Waals surface area (Å²) >= 11 is 6.13. The van der Waals surface area contributed by atoms with Crippen LogP contribution in [-0.2, 0) is 4.43 Å². The van der Waals surface area contributed by atoms with Crippen LogP contribution in [0.15, 0.2) is 54.6 Å². The molecule has 0 heterocycles. The lowest BCUT2D eigenvalue weighted by Gasteiger charge is -2.39. The van der Waals surface area contributed by atoms with E-state index >= 15 is 0 Å². The number of hydrogen-bond donors (Lipinski definition) is 0. The van der Waals surface area contributed by atoms with Crippen molar-refractivity contribution in [3.8, 4) is 11.1 Å². The molecule has 0 bridgehead atoms. The third-order valence-electron chi connectivity index (χ3n) is 5.87. The van der Waals surface area contributed by atoms with Gasteiger partial charge in [0.15, 0.2) is 8.32 Å². The Morgan fingerprint density at radius 2 is 1.48 bits per heavy atom. The van der Waals surface area contributed by atoms with Crippen molar-refractivity contribution in [3.05, 3.63) is 60.2 Å². The van der Waals surface area contributed by atoms with Crippen LogP contribution < -0.4 is 0 Å². The molecule has 1 unspecified atom stereocenters. The Labute approximate surface area is 172 Å². The Balaban J connectivity index is 2.10. The summed E-state index contributed by atoms with van der Waals surface area (Å²) in [6.45, 7) is 13.8. The van der Waals surface area contributed by atoms with Gasteiger partial charge in [-0.15, -0.1) is 11.6 Å². The van der Waals surface area contributed by atoms with Gasteiger partial charge in [0.1, 0.15) is 0 Å². The summed E-state index contributed by atoms with van der Waals surface area (Å²) in [5.74, 6) is 1.12. The molecule has 1 nitrogen and oxygen atoms in total. The highest BCUT2D eigenvalue weighted by atomic mass is 35.5. The topological polar surface area (TPSA) is 9.23 Å². The predicted octanol–water partition coefficient (Wildman–Crippen LogP) is 7.87. The molecule has 2 rings (SSSR count). The maximum Gasteiger partial charge on any atom is 0.192 e. The molecule has 2 aromatic rings. The van der Waals surface area contributed by atoms with E-state index < -0.39 is 8.32 Å². The van der Waals surface area contributed by atoms with Gasteiger partial charge in [-0.25, -0.2) is 0 Å². The van der Waals surface area contributed by atoms with Crippen LogP contribution in [0.5, 0.6) is 0 Å². The maximum atomic E-state index is 6.59. The summed E-state index contributed by atoms with van der Waals surface area (Å²) in [4.78, 5) is 0. The van der Waals surface area contributed by atoms with Crippen molar-refractivity contribution in [2.75, 3.05) is 5.88 Å². The zero-order valence-electron chi connectivity index (χ0n) is 17.8. The Morgan fingerprint density at radius 1 is 0.926 bits per heavy atom. The Morgan fingerprint density at radius 3 is 2.00 bits per heavy atom. The van der Waals surface area contributed by atoms with Crippen molar-refractivity contribution < 1.29 is 4.43 Å². The number of halogens is 1. The highest BCUT2D eigenvalue weighted by Crippen LogP contribution is 2.38. The van der Waals surface area contributed by atoms with Crippen molar-refractivity contribution in [3.63, 3.8) is 0 Å². The normalized spacial score (nSPS) is 14.8. The molecule has 2 aromatic carbocycles. The van der Waals surface area contributed by atoms with Crippen molar-refractivity contribution >= 4 is 19.9 Å². The SMILES string of the molecule is C[C@@H](CC(CCCl)c1ccc(-c2ccccc2)cc1)O[Si](C)(C)C(C)(C)C. The van der Waals surface area contributed by atoms with Crippen molar-refractivity contribution in [1.82, 2.24) is 0 Å². The monoisotopic (exact) mass is 402 g/mol. The summed E-state index contributed by atoms with van der Waals surface area (Å²) in [7, 11) is -1.74. The first-order valence-electron chi connectivity index (χ1n) is 10.0. The van der Waals surface area contributed by atoms with Crippen LogP contribution >= 0.6 is 11.6 Å². The van der Waals surface area contributed by atoms with Crippen LogP contribution in [0.25, 0.3) is 11.1 Å². The lowest BCUT2D eigenvalue weighted by atomic mass is 9.90. The molecule has 3 heteroatoms. The van der Waals surface area contributed by atoms with E-state index in [1.54, 1.807) is 0 Å². The molecular formula is C24H35ClOSi. The summed E-state index contributed by atoms with van der Waals surface area (Å²) < 4.78 is 6.59. The van der Waals surface area contributed by atoms with Gasteiger partial charge in [-0.2, -0.15) is 0 Å². The minimum Gasteiger partial charge on any atom is -0.414 e. The Bertz CT molecular complexity index is 689. The van der Waals surface area contributed by atoms with Gasteiger partial charge in [0, 0.05) is 12.0 Å². The molecule has 0 spiro atoms. The molecule has 2 atom stereocenters. The molecule has 27 heavy (non-hydrogen) atoms. The molecule has 0 amide bonds. The molecule has 0 aliphatic heterocycles. The minimum atomic E-state index is -1.74. The van der Waals surface area contributed by atoms with E-state index in [2.05, 4.69) is 95.4 Å². The smallest absolute Gasteiger partial charge is 0.192 e.